The first kappa shape index (κ1) is 22.6. The van der Waals surface area contributed by atoms with Gasteiger partial charge in [-0.05, 0) is 77.7 Å². The molecule has 8 nitrogen and oxygen atoms in total. The lowest BCUT2D eigenvalue weighted by atomic mass is 9.90. The Bertz CT molecular complexity index is 938. The zero-order valence-electron chi connectivity index (χ0n) is 20.0. The van der Waals surface area contributed by atoms with Gasteiger partial charge >= 0.3 is 6.09 Å². The second kappa shape index (κ2) is 9.08. The van der Waals surface area contributed by atoms with Crippen molar-refractivity contribution in [3.05, 3.63) is 24.2 Å². The van der Waals surface area contributed by atoms with Gasteiger partial charge in [0.1, 0.15) is 5.60 Å². The summed E-state index contributed by atoms with van der Waals surface area (Å²) in [6.45, 7) is 5.69. The number of rotatable bonds is 6. The summed E-state index contributed by atoms with van der Waals surface area (Å²) in [5.74, 6) is 1.45. The highest BCUT2D eigenvalue weighted by Gasteiger charge is 2.30. The van der Waals surface area contributed by atoms with Crippen LogP contribution < -0.4 is 5.32 Å². The minimum atomic E-state index is -0.473. The normalized spacial score (nSPS) is 21.3. The molecule has 2 aliphatic rings. The highest BCUT2D eigenvalue weighted by Crippen LogP contribution is 2.35. The number of ether oxygens (including phenoxy) is 1. The van der Waals surface area contributed by atoms with Crippen molar-refractivity contribution in [3.63, 3.8) is 0 Å². The van der Waals surface area contributed by atoms with Crippen molar-refractivity contribution in [2.45, 2.75) is 83.4 Å². The van der Waals surface area contributed by atoms with E-state index in [1.54, 1.807) is 4.90 Å². The Morgan fingerprint density at radius 2 is 1.94 bits per heavy atom. The summed E-state index contributed by atoms with van der Waals surface area (Å²) in [6.07, 6.45) is 11.0. The van der Waals surface area contributed by atoms with E-state index in [1.807, 2.05) is 58.0 Å². The molecule has 4 rings (SSSR count). The molecule has 2 fully saturated rings. The zero-order valence-corrected chi connectivity index (χ0v) is 20.0. The predicted molar refractivity (Wildman–Crippen MR) is 124 cm³/mol. The third-order valence-corrected chi connectivity index (χ3v) is 6.43. The van der Waals surface area contributed by atoms with Gasteiger partial charge < -0.3 is 15.0 Å². The fraction of sp³-hybridized carbons (Fsp3) is 0.667. The average molecular weight is 441 g/mol. The van der Waals surface area contributed by atoms with Gasteiger partial charge in [-0.2, -0.15) is 5.10 Å². The first-order chi connectivity index (χ1) is 15.2. The van der Waals surface area contributed by atoms with Crippen LogP contribution >= 0.6 is 0 Å². The Morgan fingerprint density at radius 3 is 2.59 bits per heavy atom. The Kier molecular flexibility index (Phi) is 6.40. The van der Waals surface area contributed by atoms with E-state index in [9.17, 15) is 4.79 Å². The minimum Gasteiger partial charge on any atom is -0.444 e. The summed E-state index contributed by atoms with van der Waals surface area (Å²) in [5, 5.41) is 7.99. The quantitative estimate of drug-likeness (QED) is 0.716. The van der Waals surface area contributed by atoms with Crippen molar-refractivity contribution in [2.24, 2.45) is 13.0 Å². The highest BCUT2D eigenvalue weighted by atomic mass is 16.6. The number of aryl methyl sites for hydroxylation is 1. The first-order valence-corrected chi connectivity index (χ1v) is 11.8. The lowest BCUT2D eigenvalue weighted by Gasteiger charge is -2.35. The fourth-order valence-corrected chi connectivity index (χ4v) is 4.37. The van der Waals surface area contributed by atoms with Crippen LogP contribution in [-0.2, 0) is 18.2 Å². The third-order valence-electron chi connectivity index (χ3n) is 6.43. The van der Waals surface area contributed by atoms with Crippen molar-refractivity contribution >= 4 is 12.0 Å². The molecular formula is C24H36N6O2. The molecule has 2 aliphatic carbocycles. The van der Waals surface area contributed by atoms with Gasteiger partial charge in [-0.15, -0.1) is 0 Å². The van der Waals surface area contributed by atoms with E-state index in [4.69, 9.17) is 9.72 Å². The second-order valence-electron chi connectivity index (χ2n) is 10.3. The van der Waals surface area contributed by atoms with Crippen LogP contribution in [0.4, 0.5) is 10.7 Å². The number of hydrogen-bond donors (Lipinski definition) is 1. The maximum atomic E-state index is 12.4. The van der Waals surface area contributed by atoms with Gasteiger partial charge in [0, 0.05) is 43.6 Å². The van der Waals surface area contributed by atoms with Crippen LogP contribution in [0.25, 0.3) is 11.3 Å². The Labute approximate surface area is 190 Å². The summed E-state index contributed by atoms with van der Waals surface area (Å²) in [6, 6.07) is 2.47. The molecule has 2 heterocycles. The molecular weight excluding hydrogens is 404 g/mol. The zero-order chi connectivity index (χ0) is 22.9. The molecule has 8 heteroatoms. The molecule has 2 aromatic rings. The number of nitrogens with zero attached hydrogens (tertiary/aromatic N) is 5. The van der Waals surface area contributed by atoms with Gasteiger partial charge in [0.2, 0.25) is 5.95 Å². The van der Waals surface area contributed by atoms with Gasteiger partial charge in [0.15, 0.2) is 0 Å². The standard InChI is InChI=1S/C24H36N6O2/c1-24(2,3)32-23(31)29(4)18-10-8-17(9-11-18)27-22-25-13-12-20(28-22)19-15-26-30(5)21(19)14-16-6-7-16/h12-13,15-18H,6-11,14H2,1-5H3,(H,25,27,28)/t17-,18-. The predicted octanol–water partition coefficient (Wildman–Crippen LogP) is 4.42. The van der Waals surface area contributed by atoms with Crippen LogP contribution in [0.3, 0.4) is 0 Å². The molecule has 2 aromatic heterocycles. The smallest absolute Gasteiger partial charge is 0.410 e. The van der Waals surface area contributed by atoms with Gasteiger partial charge in [0.25, 0.3) is 0 Å². The summed E-state index contributed by atoms with van der Waals surface area (Å²) in [5.41, 5.74) is 2.80. The lowest BCUT2D eigenvalue weighted by Crippen LogP contribution is -2.43. The Hall–Kier alpha value is -2.64. The Morgan fingerprint density at radius 1 is 1.22 bits per heavy atom. The Balaban J connectivity index is 1.35. The van der Waals surface area contributed by atoms with Crippen LogP contribution in [-0.4, -0.2) is 55.5 Å². The average Bonchev–Trinajstić information content (AvgIpc) is 3.49. The van der Waals surface area contributed by atoms with Gasteiger partial charge in [0.05, 0.1) is 11.9 Å². The van der Waals surface area contributed by atoms with Gasteiger partial charge in [-0.25, -0.2) is 14.8 Å². The monoisotopic (exact) mass is 440 g/mol. The number of amides is 1. The third kappa shape index (κ3) is 5.58. The maximum Gasteiger partial charge on any atom is 0.410 e. The molecule has 0 spiro atoms. The molecule has 0 bridgehead atoms. The van der Waals surface area contributed by atoms with E-state index in [-0.39, 0.29) is 12.1 Å². The van der Waals surface area contributed by atoms with Crippen LogP contribution in [0.5, 0.6) is 0 Å². The largest absolute Gasteiger partial charge is 0.444 e. The van der Waals surface area contributed by atoms with Crippen LogP contribution in [0.2, 0.25) is 0 Å². The second-order valence-corrected chi connectivity index (χ2v) is 10.3. The minimum absolute atomic E-state index is 0.204. The van der Waals surface area contributed by atoms with Crippen molar-refractivity contribution in [2.75, 3.05) is 12.4 Å². The molecule has 1 amide bonds. The molecule has 2 saturated carbocycles. The molecule has 0 radical (unpaired) electrons. The fourth-order valence-electron chi connectivity index (χ4n) is 4.37. The molecule has 0 unspecified atom stereocenters. The van der Waals surface area contributed by atoms with Gasteiger partial charge in [-0.1, -0.05) is 0 Å². The number of nitrogens with one attached hydrogen (secondary N) is 1. The van der Waals surface area contributed by atoms with Crippen LogP contribution in [0.15, 0.2) is 18.5 Å². The van der Waals surface area contributed by atoms with Crippen molar-refractivity contribution < 1.29 is 9.53 Å². The number of aromatic nitrogens is 4. The summed E-state index contributed by atoms with van der Waals surface area (Å²) < 4.78 is 7.49. The molecule has 32 heavy (non-hydrogen) atoms. The number of anilines is 1. The SMILES string of the molecule is Cn1ncc(-c2ccnc(N[C@H]3CC[C@H](N(C)C(=O)OC(C)(C)C)CC3)n2)c1CC1CC1. The van der Waals surface area contributed by atoms with E-state index in [0.717, 1.165) is 49.3 Å². The molecule has 174 valence electrons. The van der Waals surface area contributed by atoms with Crippen molar-refractivity contribution in [1.29, 1.82) is 0 Å². The molecule has 0 saturated heterocycles. The highest BCUT2D eigenvalue weighted by molar-refractivity contribution is 5.68. The van der Waals surface area contributed by atoms with E-state index in [0.29, 0.717) is 12.0 Å². The number of carbonyl (C=O) groups is 1. The van der Waals surface area contributed by atoms with Crippen molar-refractivity contribution in [3.8, 4) is 11.3 Å². The summed E-state index contributed by atoms with van der Waals surface area (Å²) >= 11 is 0. The first-order valence-electron chi connectivity index (χ1n) is 11.8. The number of carbonyl (C=O) groups excluding carboxylic acids is 1. The van der Waals surface area contributed by atoms with Crippen molar-refractivity contribution in [1.82, 2.24) is 24.6 Å². The van der Waals surface area contributed by atoms with Crippen LogP contribution in [0.1, 0.15) is 65.0 Å². The lowest BCUT2D eigenvalue weighted by molar-refractivity contribution is 0.0185. The van der Waals surface area contributed by atoms with Gasteiger partial charge in [-0.3, -0.25) is 4.68 Å². The maximum absolute atomic E-state index is 12.4. The molecule has 0 atom stereocenters. The van der Waals surface area contributed by atoms with E-state index in [2.05, 4.69) is 15.4 Å². The van der Waals surface area contributed by atoms with Crippen LogP contribution in [0, 0.1) is 5.92 Å². The summed E-state index contributed by atoms with van der Waals surface area (Å²) in [4.78, 5) is 23.4. The topological polar surface area (TPSA) is 85.2 Å². The molecule has 1 N–H and O–H groups in total. The van der Waals surface area contributed by atoms with E-state index in [1.165, 1.54) is 18.5 Å². The number of hydrogen-bond acceptors (Lipinski definition) is 6. The van der Waals surface area contributed by atoms with E-state index >= 15 is 0 Å². The van der Waals surface area contributed by atoms with E-state index < -0.39 is 5.60 Å². The molecule has 0 aliphatic heterocycles. The molecule has 0 aromatic carbocycles. The summed E-state index contributed by atoms with van der Waals surface area (Å²) in [7, 11) is 3.85.